The van der Waals surface area contributed by atoms with Crippen LogP contribution in [0, 0.1) is 11.3 Å². The molecule has 6 heteroatoms. The molecule has 2 aromatic rings. The zero-order valence-corrected chi connectivity index (χ0v) is 18.5. The van der Waals surface area contributed by atoms with Gasteiger partial charge in [0, 0.05) is 18.0 Å². The molecule has 1 fully saturated rings. The molecular formula is C24H30N4OS. The molecule has 1 amide bonds. The fourth-order valence-corrected chi connectivity index (χ4v) is 5.72. The number of piperidine rings is 1. The number of nitriles is 1. The molecule has 1 saturated heterocycles. The van der Waals surface area contributed by atoms with Gasteiger partial charge in [-0.15, -0.1) is 11.3 Å². The highest BCUT2D eigenvalue weighted by Gasteiger charge is 2.23. The summed E-state index contributed by atoms with van der Waals surface area (Å²) in [5, 5.41) is 16.9. The Morgan fingerprint density at radius 1 is 1.10 bits per heavy atom. The van der Waals surface area contributed by atoms with Crippen LogP contribution in [0.25, 0.3) is 0 Å². The third-order valence-electron chi connectivity index (χ3n) is 6.14. The summed E-state index contributed by atoms with van der Waals surface area (Å²) in [6, 6.07) is 10.2. The SMILES string of the molecule is C[C@H](Nc1ccccc1N1CCCCC1)C(=O)Nc1sc2c(c1C#N)CCCCC2. The van der Waals surface area contributed by atoms with E-state index in [1.165, 1.54) is 30.6 Å². The first-order chi connectivity index (χ1) is 14.7. The first-order valence-electron chi connectivity index (χ1n) is 11.1. The minimum atomic E-state index is -0.399. The maximum Gasteiger partial charge on any atom is 0.247 e. The van der Waals surface area contributed by atoms with Crippen molar-refractivity contribution in [3.8, 4) is 6.07 Å². The molecule has 2 aliphatic rings. The van der Waals surface area contributed by atoms with Gasteiger partial charge in [0.05, 0.1) is 16.9 Å². The number of benzene rings is 1. The van der Waals surface area contributed by atoms with Gasteiger partial charge in [-0.25, -0.2) is 0 Å². The number of nitrogens with zero attached hydrogens (tertiary/aromatic N) is 2. The summed E-state index contributed by atoms with van der Waals surface area (Å²) in [7, 11) is 0. The smallest absolute Gasteiger partial charge is 0.247 e. The average Bonchev–Trinajstić information content (AvgIpc) is 2.93. The van der Waals surface area contributed by atoms with Gasteiger partial charge in [-0.3, -0.25) is 4.79 Å². The van der Waals surface area contributed by atoms with Crippen molar-refractivity contribution in [1.82, 2.24) is 0 Å². The van der Waals surface area contributed by atoms with Gasteiger partial charge in [-0.2, -0.15) is 5.26 Å². The number of rotatable bonds is 5. The van der Waals surface area contributed by atoms with Gasteiger partial charge in [0.1, 0.15) is 17.1 Å². The van der Waals surface area contributed by atoms with E-state index in [-0.39, 0.29) is 5.91 Å². The van der Waals surface area contributed by atoms with Crippen molar-refractivity contribution < 1.29 is 4.79 Å². The second kappa shape index (κ2) is 9.53. The van der Waals surface area contributed by atoms with E-state index in [0.29, 0.717) is 10.6 Å². The Morgan fingerprint density at radius 3 is 2.63 bits per heavy atom. The number of thiophene rings is 1. The molecule has 0 saturated carbocycles. The Morgan fingerprint density at radius 2 is 1.83 bits per heavy atom. The quantitative estimate of drug-likeness (QED) is 0.640. The molecule has 1 aromatic carbocycles. The number of aryl methyl sites for hydroxylation is 1. The van der Waals surface area contributed by atoms with E-state index in [2.05, 4.69) is 33.7 Å². The summed E-state index contributed by atoms with van der Waals surface area (Å²) in [5.74, 6) is -0.101. The highest BCUT2D eigenvalue weighted by atomic mass is 32.1. The van der Waals surface area contributed by atoms with E-state index in [1.807, 2.05) is 19.1 Å². The highest BCUT2D eigenvalue weighted by molar-refractivity contribution is 7.16. The van der Waals surface area contributed by atoms with Crippen LogP contribution in [0.3, 0.4) is 0 Å². The number of hydrogen-bond donors (Lipinski definition) is 2. The van der Waals surface area contributed by atoms with Gasteiger partial charge in [0.25, 0.3) is 0 Å². The van der Waals surface area contributed by atoms with Gasteiger partial charge in [-0.05, 0) is 69.6 Å². The molecule has 5 nitrogen and oxygen atoms in total. The first-order valence-corrected chi connectivity index (χ1v) is 11.9. The molecule has 30 heavy (non-hydrogen) atoms. The molecule has 0 bridgehead atoms. The second-order valence-corrected chi connectivity index (χ2v) is 9.41. The Hall–Kier alpha value is -2.52. The van der Waals surface area contributed by atoms with Crippen LogP contribution in [-0.2, 0) is 17.6 Å². The molecule has 1 aliphatic heterocycles. The van der Waals surface area contributed by atoms with E-state index < -0.39 is 6.04 Å². The van der Waals surface area contributed by atoms with Crippen molar-refractivity contribution >= 4 is 33.6 Å². The van der Waals surface area contributed by atoms with Gasteiger partial charge in [0.2, 0.25) is 5.91 Å². The lowest BCUT2D eigenvalue weighted by Gasteiger charge is -2.31. The van der Waals surface area contributed by atoms with Crippen molar-refractivity contribution in [2.75, 3.05) is 28.6 Å². The average molecular weight is 423 g/mol. The van der Waals surface area contributed by atoms with E-state index in [0.717, 1.165) is 55.7 Å². The summed E-state index contributed by atoms with van der Waals surface area (Å²) in [6.07, 6.45) is 9.17. The maximum absolute atomic E-state index is 13.0. The molecule has 158 valence electrons. The number of para-hydroxylation sites is 2. The number of amides is 1. The zero-order chi connectivity index (χ0) is 20.9. The molecule has 4 rings (SSSR count). The monoisotopic (exact) mass is 422 g/mol. The molecule has 0 unspecified atom stereocenters. The summed E-state index contributed by atoms with van der Waals surface area (Å²) >= 11 is 1.59. The van der Waals surface area contributed by atoms with Crippen LogP contribution in [-0.4, -0.2) is 25.0 Å². The number of carbonyl (C=O) groups excluding carboxylic acids is 1. The minimum Gasteiger partial charge on any atom is -0.372 e. The Labute approximate surface area is 183 Å². The summed E-state index contributed by atoms with van der Waals surface area (Å²) < 4.78 is 0. The molecule has 0 radical (unpaired) electrons. The van der Waals surface area contributed by atoms with Crippen LogP contribution in [0.4, 0.5) is 16.4 Å². The standard InChI is InChI=1S/C24H30N4OS/c1-17(26-20-11-6-7-12-21(20)28-14-8-3-9-15-28)23(29)27-24-19(16-25)18-10-4-2-5-13-22(18)30-24/h6-7,11-12,17,26H,2-5,8-10,13-15H2,1H3,(H,27,29)/t17-/m0/s1. The lowest BCUT2D eigenvalue weighted by atomic mass is 10.1. The topological polar surface area (TPSA) is 68.2 Å². The molecule has 2 N–H and O–H groups in total. The van der Waals surface area contributed by atoms with Gasteiger partial charge < -0.3 is 15.5 Å². The van der Waals surface area contributed by atoms with Crippen molar-refractivity contribution in [3.05, 3.63) is 40.3 Å². The van der Waals surface area contributed by atoms with Gasteiger partial charge in [0.15, 0.2) is 0 Å². The lowest BCUT2D eigenvalue weighted by Crippen LogP contribution is -2.34. The van der Waals surface area contributed by atoms with Gasteiger partial charge in [-0.1, -0.05) is 18.6 Å². The third-order valence-corrected chi connectivity index (χ3v) is 7.34. The van der Waals surface area contributed by atoms with Crippen LogP contribution in [0.1, 0.15) is 61.5 Å². The van der Waals surface area contributed by atoms with Crippen LogP contribution >= 0.6 is 11.3 Å². The Bertz CT molecular complexity index is 939. The normalized spacial score (nSPS) is 17.4. The third kappa shape index (κ3) is 4.46. The molecule has 1 aromatic heterocycles. The number of fused-ring (bicyclic) bond motifs is 1. The van der Waals surface area contributed by atoms with E-state index >= 15 is 0 Å². The number of anilines is 3. The molecule has 1 aliphatic carbocycles. The number of nitrogens with one attached hydrogen (secondary N) is 2. The second-order valence-electron chi connectivity index (χ2n) is 8.30. The Balaban J connectivity index is 1.47. The van der Waals surface area contributed by atoms with E-state index in [9.17, 15) is 10.1 Å². The van der Waals surface area contributed by atoms with Crippen LogP contribution in [0.15, 0.2) is 24.3 Å². The summed E-state index contributed by atoms with van der Waals surface area (Å²) in [4.78, 5) is 16.6. The molecule has 2 heterocycles. The molecule has 1 atom stereocenters. The van der Waals surface area contributed by atoms with Gasteiger partial charge >= 0.3 is 0 Å². The predicted molar refractivity (Wildman–Crippen MR) is 125 cm³/mol. The fourth-order valence-electron chi connectivity index (χ4n) is 4.47. The van der Waals surface area contributed by atoms with Crippen LogP contribution in [0.2, 0.25) is 0 Å². The largest absolute Gasteiger partial charge is 0.372 e. The molecular weight excluding hydrogens is 392 g/mol. The van der Waals surface area contributed by atoms with Crippen LogP contribution in [0.5, 0.6) is 0 Å². The zero-order valence-electron chi connectivity index (χ0n) is 17.7. The predicted octanol–water partition coefficient (Wildman–Crippen LogP) is 5.32. The van der Waals surface area contributed by atoms with Crippen molar-refractivity contribution in [2.24, 2.45) is 0 Å². The minimum absolute atomic E-state index is 0.101. The van der Waals surface area contributed by atoms with E-state index in [4.69, 9.17) is 0 Å². The fraction of sp³-hybridized carbons (Fsp3) is 0.500. The molecule has 0 spiro atoms. The Kier molecular flexibility index (Phi) is 6.59. The lowest BCUT2D eigenvalue weighted by molar-refractivity contribution is -0.116. The number of hydrogen-bond acceptors (Lipinski definition) is 5. The van der Waals surface area contributed by atoms with Crippen LogP contribution < -0.4 is 15.5 Å². The van der Waals surface area contributed by atoms with Crippen molar-refractivity contribution in [1.29, 1.82) is 5.26 Å². The first kappa shape index (κ1) is 20.7. The number of carbonyl (C=O) groups is 1. The maximum atomic E-state index is 13.0. The van der Waals surface area contributed by atoms with Crippen molar-refractivity contribution in [2.45, 2.75) is 64.3 Å². The van der Waals surface area contributed by atoms with Crippen molar-refractivity contribution in [3.63, 3.8) is 0 Å². The summed E-state index contributed by atoms with van der Waals surface area (Å²) in [5.41, 5.74) is 3.99. The van der Waals surface area contributed by atoms with E-state index in [1.54, 1.807) is 11.3 Å². The highest BCUT2D eigenvalue weighted by Crippen LogP contribution is 2.37. The summed E-state index contributed by atoms with van der Waals surface area (Å²) in [6.45, 7) is 4.00.